The quantitative estimate of drug-likeness (QED) is 0.284. The van der Waals surface area contributed by atoms with Gasteiger partial charge in [0.2, 0.25) is 5.76 Å². The molecule has 0 aliphatic carbocycles. The molecule has 2 rings (SSSR count). The minimum Gasteiger partial charge on any atom is -0.490 e. The van der Waals surface area contributed by atoms with Crippen LogP contribution in [0.15, 0.2) is 47.3 Å². The van der Waals surface area contributed by atoms with Crippen LogP contribution in [0, 0.1) is 35.5 Å². The number of hydrogen-bond acceptors (Lipinski definition) is 10. The lowest BCUT2D eigenvalue weighted by molar-refractivity contribution is -0.339. The maximum absolute atomic E-state index is 13.7. The zero-order chi connectivity index (χ0) is 36.5. The van der Waals surface area contributed by atoms with Crippen LogP contribution in [0.1, 0.15) is 82.1 Å². The zero-order valence-corrected chi connectivity index (χ0v) is 31.4. The van der Waals surface area contributed by atoms with Crippen LogP contribution in [0.4, 0.5) is 0 Å². The van der Waals surface area contributed by atoms with Crippen LogP contribution in [-0.2, 0) is 38.0 Å². The van der Waals surface area contributed by atoms with Crippen LogP contribution in [0.5, 0.6) is 0 Å². The van der Waals surface area contributed by atoms with Gasteiger partial charge in [0.05, 0.1) is 25.4 Å². The Morgan fingerprint density at radius 2 is 1.71 bits per heavy atom. The summed E-state index contributed by atoms with van der Waals surface area (Å²) in [7, 11) is 4.44. The molecule has 10 heteroatoms. The Kier molecular flexibility index (Phi) is 16.0. The van der Waals surface area contributed by atoms with Gasteiger partial charge in [-0.05, 0) is 38.2 Å². The molecule has 12 atom stereocenters. The van der Waals surface area contributed by atoms with Gasteiger partial charge in [-0.1, -0.05) is 83.9 Å². The largest absolute Gasteiger partial charge is 0.490 e. The maximum atomic E-state index is 13.7. The summed E-state index contributed by atoms with van der Waals surface area (Å²) in [6.07, 6.45) is 5.79. The molecule has 0 bridgehead atoms. The Morgan fingerprint density at radius 1 is 1.06 bits per heavy atom. The van der Waals surface area contributed by atoms with Gasteiger partial charge in [-0.15, -0.1) is 0 Å². The third-order valence-electron chi connectivity index (χ3n) is 10.1. The van der Waals surface area contributed by atoms with Crippen LogP contribution >= 0.6 is 0 Å². The molecule has 48 heavy (non-hydrogen) atoms. The molecule has 1 unspecified atom stereocenters. The average molecular weight is 679 g/mol. The molecule has 1 saturated heterocycles. The number of hydrogen-bond donors (Lipinski definition) is 2. The predicted octanol–water partition coefficient (Wildman–Crippen LogP) is 5.92. The molecule has 1 fully saturated rings. The molecule has 0 aromatic heterocycles. The molecule has 0 saturated carbocycles. The molecule has 2 N–H and O–H groups in total. The Bertz CT molecular complexity index is 1190. The van der Waals surface area contributed by atoms with Gasteiger partial charge < -0.3 is 38.6 Å². The molecule has 10 nitrogen and oxygen atoms in total. The van der Waals surface area contributed by atoms with E-state index in [2.05, 4.69) is 0 Å². The molecular weight excluding hydrogens is 616 g/mol. The second-order valence-electron chi connectivity index (χ2n) is 14.3. The molecule has 0 amide bonds. The van der Waals surface area contributed by atoms with E-state index in [0.717, 1.165) is 11.1 Å². The third kappa shape index (κ3) is 10.5. The number of aliphatic hydroxyl groups is 2. The number of aliphatic hydroxyl groups excluding tert-OH is 2. The first-order valence-corrected chi connectivity index (χ1v) is 17.2. The van der Waals surface area contributed by atoms with E-state index in [-0.39, 0.29) is 42.0 Å². The summed E-state index contributed by atoms with van der Waals surface area (Å²) in [5.41, 5.74) is 1.80. The van der Waals surface area contributed by atoms with Crippen LogP contribution < -0.4 is 0 Å². The Hall–Kier alpha value is -2.50. The minimum atomic E-state index is -1.30. The number of esters is 2. The summed E-state index contributed by atoms with van der Waals surface area (Å²) < 4.78 is 35.9. The van der Waals surface area contributed by atoms with E-state index in [0.29, 0.717) is 6.42 Å². The van der Waals surface area contributed by atoms with Gasteiger partial charge in [0.1, 0.15) is 18.3 Å². The molecule has 0 spiro atoms. The first-order valence-electron chi connectivity index (χ1n) is 17.2. The normalized spacial score (nSPS) is 38.6. The van der Waals surface area contributed by atoms with Gasteiger partial charge >= 0.3 is 11.9 Å². The number of allylic oxidation sites excluding steroid dienone is 5. The van der Waals surface area contributed by atoms with Crippen molar-refractivity contribution in [1.29, 1.82) is 0 Å². The van der Waals surface area contributed by atoms with Gasteiger partial charge in [0.25, 0.3) is 0 Å². The summed E-state index contributed by atoms with van der Waals surface area (Å²) in [4.78, 5) is 25.7. The van der Waals surface area contributed by atoms with E-state index in [1.165, 1.54) is 28.3 Å². The Labute approximate surface area is 288 Å². The Balaban J connectivity index is 2.59. The molecule has 0 radical (unpaired) electrons. The summed E-state index contributed by atoms with van der Waals surface area (Å²) in [5.74, 6) is -3.98. The number of rotatable bonds is 9. The molecule has 274 valence electrons. The van der Waals surface area contributed by atoms with Crippen molar-refractivity contribution in [1.82, 2.24) is 0 Å². The van der Waals surface area contributed by atoms with Gasteiger partial charge in [-0.3, -0.25) is 4.79 Å². The van der Waals surface area contributed by atoms with Crippen molar-refractivity contribution in [2.75, 3.05) is 21.3 Å². The van der Waals surface area contributed by atoms with E-state index in [1.807, 2.05) is 73.6 Å². The average Bonchev–Trinajstić information content (AvgIpc) is 3.03. The fraction of sp³-hybridized carbons (Fsp3) is 0.737. The van der Waals surface area contributed by atoms with Crippen molar-refractivity contribution >= 4 is 11.9 Å². The van der Waals surface area contributed by atoms with Crippen LogP contribution in [0.2, 0.25) is 0 Å². The van der Waals surface area contributed by atoms with Crippen molar-refractivity contribution in [3.8, 4) is 0 Å². The SMILES string of the molecule is CO/C1=C\C(C)=C\[C@@H](C)[C@@H](O)[C@H](C)C/C(C)=C/C=C/[C@H](OC)C([C@@H](C)[C@@H](O)[C@H](C)[C@@]2(OC)C[C@@H](OC(C)=O)[C@H](C)[C@@H](C(C)C)O2)OC1=O. The van der Waals surface area contributed by atoms with Crippen LogP contribution in [0.3, 0.4) is 0 Å². The highest BCUT2D eigenvalue weighted by Crippen LogP contribution is 2.44. The minimum absolute atomic E-state index is 0.00564. The van der Waals surface area contributed by atoms with Crippen LogP contribution in [0.25, 0.3) is 0 Å². The topological polar surface area (TPSA) is 130 Å². The van der Waals surface area contributed by atoms with Gasteiger partial charge in [-0.25, -0.2) is 4.79 Å². The first kappa shape index (κ1) is 41.7. The molecule has 2 aliphatic heterocycles. The summed E-state index contributed by atoms with van der Waals surface area (Å²) in [6, 6.07) is 0. The lowest BCUT2D eigenvalue weighted by atomic mass is 9.76. The second kappa shape index (κ2) is 18.5. The maximum Gasteiger partial charge on any atom is 0.373 e. The van der Waals surface area contributed by atoms with Crippen molar-refractivity contribution in [3.05, 3.63) is 47.3 Å². The van der Waals surface area contributed by atoms with E-state index < -0.39 is 60.1 Å². The van der Waals surface area contributed by atoms with E-state index in [1.54, 1.807) is 19.1 Å². The molecule has 2 heterocycles. The number of methoxy groups -OCH3 is 3. The monoisotopic (exact) mass is 678 g/mol. The second-order valence-corrected chi connectivity index (χ2v) is 14.3. The fourth-order valence-electron chi connectivity index (χ4n) is 7.18. The molecular formula is C38H62O10. The highest BCUT2D eigenvalue weighted by atomic mass is 16.7. The summed E-state index contributed by atoms with van der Waals surface area (Å²) >= 11 is 0. The summed E-state index contributed by atoms with van der Waals surface area (Å²) in [6.45, 7) is 18.9. The fourth-order valence-corrected chi connectivity index (χ4v) is 7.18. The van der Waals surface area contributed by atoms with Gasteiger partial charge in [0.15, 0.2) is 5.79 Å². The lowest BCUT2D eigenvalue weighted by Crippen LogP contribution is -2.60. The van der Waals surface area contributed by atoms with E-state index in [4.69, 9.17) is 28.4 Å². The van der Waals surface area contributed by atoms with E-state index in [9.17, 15) is 19.8 Å². The van der Waals surface area contributed by atoms with Crippen molar-refractivity contribution in [3.63, 3.8) is 0 Å². The first-order chi connectivity index (χ1) is 22.4. The van der Waals surface area contributed by atoms with Crippen molar-refractivity contribution in [2.24, 2.45) is 35.5 Å². The smallest absolute Gasteiger partial charge is 0.373 e. The van der Waals surface area contributed by atoms with Crippen molar-refractivity contribution < 1.29 is 48.2 Å². The highest BCUT2D eigenvalue weighted by molar-refractivity contribution is 5.87. The molecule has 0 aromatic rings. The zero-order valence-electron chi connectivity index (χ0n) is 31.4. The Morgan fingerprint density at radius 3 is 2.25 bits per heavy atom. The lowest BCUT2D eigenvalue weighted by Gasteiger charge is -2.51. The van der Waals surface area contributed by atoms with Gasteiger partial charge in [0, 0.05) is 51.2 Å². The van der Waals surface area contributed by atoms with Crippen LogP contribution in [-0.4, -0.2) is 85.9 Å². The number of carbonyl (C=O) groups excluding carboxylic acids is 2. The highest BCUT2D eigenvalue weighted by Gasteiger charge is 2.54. The number of ether oxygens (including phenoxy) is 6. The predicted molar refractivity (Wildman–Crippen MR) is 184 cm³/mol. The molecule has 2 aliphatic rings. The number of cyclic esters (lactones) is 1. The molecule has 0 aromatic carbocycles. The number of carbonyl (C=O) groups is 2. The third-order valence-corrected chi connectivity index (χ3v) is 10.1. The van der Waals surface area contributed by atoms with E-state index >= 15 is 0 Å². The van der Waals surface area contributed by atoms with Crippen molar-refractivity contribution in [2.45, 2.75) is 124 Å². The summed E-state index contributed by atoms with van der Waals surface area (Å²) in [5, 5.41) is 23.0. The standard InChI is InChI=1S/C38H62O10/c1-21(2)35-26(7)32(46-29(10)39)20-38(45-13,48-35)28(9)34(41)27(8)36-30(43-11)16-14-15-22(3)17-24(5)33(40)25(6)18-23(4)19-31(44-12)37(42)47-36/h14-16,18-19,21,24-28,30,32-36,40-41H,17,20H2,1-13H3/b16-14+,22-15+,23-18+,31-19-/t24-,25-,26+,27+,28+,30+,32-,33+,34-,35-,36?,38-/m1/s1. The van der Waals surface area contributed by atoms with Gasteiger partial charge in [-0.2, -0.15) is 0 Å².